The fraction of sp³-hybridized carbons (Fsp3) is 0.222. The van der Waals surface area contributed by atoms with Crippen molar-refractivity contribution in [2.45, 2.75) is 13.3 Å². The summed E-state index contributed by atoms with van der Waals surface area (Å²) in [6, 6.07) is 7.05. The van der Waals surface area contributed by atoms with Crippen molar-refractivity contribution in [3.63, 3.8) is 0 Å². The van der Waals surface area contributed by atoms with Crippen LogP contribution in [-0.2, 0) is 6.42 Å². The van der Waals surface area contributed by atoms with E-state index in [1.165, 1.54) is 0 Å². The van der Waals surface area contributed by atoms with Crippen LogP contribution in [0.25, 0.3) is 0 Å². The monoisotopic (exact) mass is 230 g/mol. The third kappa shape index (κ3) is 2.34. The van der Waals surface area contributed by atoms with Crippen molar-refractivity contribution in [3.05, 3.63) is 35.4 Å². The Hall–Kier alpha value is -0.830. The van der Waals surface area contributed by atoms with Crippen molar-refractivity contribution in [3.8, 4) is 0 Å². The molecule has 0 unspecified atom stereocenters. The average Bonchev–Trinajstić information content (AvgIpc) is 2.04. The largest absolute Gasteiger partial charge is 0.478 e. The van der Waals surface area contributed by atoms with Gasteiger partial charge in [-0.25, -0.2) is 4.79 Å². The smallest absolute Gasteiger partial charge is 0.335 e. The molecule has 0 radical (unpaired) electrons. The summed E-state index contributed by atoms with van der Waals surface area (Å²) in [5, 5.41) is 8.70. The van der Waals surface area contributed by atoms with Gasteiger partial charge in [-0.15, -0.1) is 17.0 Å². The lowest BCUT2D eigenvalue weighted by Gasteiger charge is -2.00. The number of benzene rings is 1. The maximum absolute atomic E-state index is 10.6. The predicted octanol–water partition coefficient (Wildman–Crippen LogP) is 2.53. The SMILES string of the molecule is Br.CCc1ccccc1C(=O)O. The third-order valence-corrected chi connectivity index (χ3v) is 1.63. The van der Waals surface area contributed by atoms with E-state index in [9.17, 15) is 4.79 Å². The van der Waals surface area contributed by atoms with Crippen LogP contribution in [0, 0.1) is 0 Å². The Morgan fingerprint density at radius 1 is 1.42 bits per heavy atom. The summed E-state index contributed by atoms with van der Waals surface area (Å²) in [6.45, 7) is 1.95. The van der Waals surface area contributed by atoms with Gasteiger partial charge >= 0.3 is 5.97 Å². The maximum atomic E-state index is 10.6. The molecule has 66 valence electrons. The lowest BCUT2D eigenvalue weighted by atomic mass is 10.1. The van der Waals surface area contributed by atoms with Crippen molar-refractivity contribution < 1.29 is 9.90 Å². The average molecular weight is 231 g/mol. The molecule has 0 bridgehead atoms. The highest BCUT2D eigenvalue weighted by molar-refractivity contribution is 8.93. The molecule has 0 heterocycles. The van der Waals surface area contributed by atoms with Crippen LogP contribution < -0.4 is 0 Å². The Kier molecular flexibility index (Phi) is 4.59. The van der Waals surface area contributed by atoms with Gasteiger partial charge < -0.3 is 5.11 Å². The molecule has 3 heteroatoms. The van der Waals surface area contributed by atoms with Crippen LogP contribution in [0.2, 0.25) is 0 Å². The second kappa shape index (κ2) is 4.93. The summed E-state index contributed by atoms with van der Waals surface area (Å²) in [7, 11) is 0. The Bertz CT molecular complexity index is 271. The van der Waals surface area contributed by atoms with Crippen LogP contribution in [0.5, 0.6) is 0 Å². The zero-order chi connectivity index (χ0) is 8.27. The highest BCUT2D eigenvalue weighted by atomic mass is 79.9. The zero-order valence-electron chi connectivity index (χ0n) is 6.78. The van der Waals surface area contributed by atoms with E-state index in [2.05, 4.69) is 0 Å². The van der Waals surface area contributed by atoms with Crippen LogP contribution in [0.15, 0.2) is 24.3 Å². The van der Waals surface area contributed by atoms with Crippen LogP contribution >= 0.6 is 17.0 Å². The zero-order valence-corrected chi connectivity index (χ0v) is 8.49. The fourth-order valence-electron chi connectivity index (χ4n) is 1.04. The Labute approximate surface area is 82.0 Å². The number of aryl methyl sites for hydroxylation is 1. The van der Waals surface area contributed by atoms with Crippen molar-refractivity contribution in [2.24, 2.45) is 0 Å². The molecule has 0 atom stereocenters. The van der Waals surface area contributed by atoms with Crippen molar-refractivity contribution in [1.29, 1.82) is 0 Å². The number of aromatic carboxylic acids is 1. The molecule has 2 nitrogen and oxygen atoms in total. The lowest BCUT2D eigenvalue weighted by Crippen LogP contribution is -2.00. The molecule has 0 aromatic heterocycles. The number of hydrogen-bond donors (Lipinski definition) is 1. The van der Waals surface area contributed by atoms with Crippen molar-refractivity contribution in [2.75, 3.05) is 0 Å². The van der Waals surface area contributed by atoms with Gasteiger partial charge in [0, 0.05) is 0 Å². The normalized spacial score (nSPS) is 8.75. The minimum absolute atomic E-state index is 0. The Morgan fingerprint density at radius 2 is 2.00 bits per heavy atom. The molecule has 1 N–H and O–H groups in total. The topological polar surface area (TPSA) is 37.3 Å². The van der Waals surface area contributed by atoms with E-state index in [4.69, 9.17) is 5.11 Å². The van der Waals surface area contributed by atoms with Gasteiger partial charge in [-0.1, -0.05) is 25.1 Å². The molecule has 0 fully saturated rings. The second-order valence-electron chi connectivity index (χ2n) is 2.32. The molecule has 12 heavy (non-hydrogen) atoms. The molecule has 0 saturated heterocycles. The van der Waals surface area contributed by atoms with Gasteiger partial charge in [-0.3, -0.25) is 0 Å². The van der Waals surface area contributed by atoms with E-state index in [1.807, 2.05) is 19.1 Å². The predicted molar refractivity (Wildman–Crippen MR) is 53.1 cm³/mol. The van der Waals surface area contributed by atoms with Gasteiger partial charge in [0.15, 0.2) is 0 Å². The van der Waals surface area contributed by atoms with E-state index in [-0.39, 0.29) is 17.0 Å². The van der Waals surface area contributed by atoms with Gasteiger partial charge in [-0.05, 0) is 18.1 Å². The van der Waals surface area contributed by atoms with E-state index in [0.717, 1.165) is 12.0 Å². The highest BCUT2D eigenvalue weighted by Gasteiger charge is 2.05. The molecule has 1 aromatic carbocycles. The van der Waals surface area contributed by atoms with Crippen LogP contribution in [0.4, 0.5) is 0 Å². The first kappa shape index (κ1) is 11.2. The summed E-state index contributed by atoms with van der Waals surface area (Å²) < 4.78 is 0. The summed E-state index contributed by atoms with van der Waals surface area (Å²) in [4.78, 5) is 10.6. The van der Waals surface area contributed by atoms with Gasteiger partial charge in [0.25, 0.3) is 0 Å². The summed E-state index contributed by atoms with van der Waals surface area (Å²) in [6.07, 6.45) is 0.766. The molecule has 0 amide bonds. The second-order valence-corrected chi connectivity index (χ2v) is 2.32. The lowest BCUT2D eigenvalue weighted by molar-refractivity contribution is 0.0696. The van der Waals surface area contributed by atoms with Crippen molar-refractivity contribution in [1.82, 2.24) is 0 Å². The summed E-state index contributed by atoms with van der Waals surface area (Å²) >= 11 is 0. The standard InChI is InChI=1S/C9H10O2.BrH/c1-2-7-5-3-4-6-8(7)9(10)11;/h3-6H,2H2,1H3,(H,10,11);1H. The maximum Gasteiger partial charge on any atom is 0.335 e. The van der Waals surface area contributed by atoms with E-state index in [1.54, 1.807) is 12.1 Å². The molecule has 0 aliphatic heterocycles. The number of hydrogen-bond acceptors (Lipinski definition) is 1. The molecule has 0 aliphatic rings. The molecular weight excluding hydrogens is 220 g/mol. The minimum Gasteiger partial charge on any atom is -0.478 e. The first-order chi connectivity index (χ1) is 5.25. The molecule has 1 rings (SSSR count). The molecule has 0 saturated carbocycles. The number of carboxylic acid groups (broad SMARTS) is 1. The molecule has 1 aromatic rings. The van der Waals surface area contributed by atoms with E-state index in [0.29, 0.717) is 5.56 Å². The fourth-order valence-corrected chi connectivity index (χ4v) is 1.04. The molecule has 0 aliphatic carbocycles. The van der Waals surface area contributed by atoms with Gasteiger partial charge in [0.1, 0.15) is 0 Å². The molecular formula is C9H11BrO2. The molecule has 0 spiro atoms. The first-order valence-corrected chi connectivity index (χ1v) is 3.57. The van der Waals surface area contributed by atoms with Crippen LogP contribution in [0.1, 0.15) is 22.8 Å². The number of carbonyl (C=O) groups is 1. The van der Waals surface area contributed by atoms with Crippen molar-refractivity contribution >= 4 is 23.0 Å². The Balaban J connectivity index is 0.00000121. The van der Waals surface area contributed by atoms with E-state index >= 15 is 0 Å². The highest BCUT2D eigenvalue weighted by Crippen LogP contribution is 2.08. The summed E-state index contributed by atoms with van der Waals surface area (Å²) in [5.41, 5.74) is 1.30. The number of rotatable bonds is 2. The van der Waals surface area contributed by atoms with Crippen LogP contribution in [-0.4, -0.2) is 11.1 Å². The van der Waals surface area contributed by atoms with Gasteiger partial charge in [-0.2, -0.15) is 0 Å². The van der Waals surface area contributed by atoms with Gasteiger partial charge in [0.2, 0.25) is 0 Å². The quantitative estimate of drug-likeness (QED) is 0.849. The van der Waals surface area contributed by atoms with Gasteiger partial charge in [0.05, 0.1) is 5.56 Å². The summed E-state index contributed by atoms with van der Waals surface area (Å²) in [5.74, 6) is -0.845. The first-order valence-electron chi connectivity index (χ1n) is 3.57. The Morgan fingerprint density at radius 3 is 2.42 bits per heavy atom. The minimum atomic E-state index is -0.845. The van der Waals surface area contributed by atoms with E-state index < -0.39 is 5.97 Å². The van der Waals surface area contributed by atoms with Crippen LogP contribution in [0.3, 0.4) is 0 Å². The third-order valence-electron chi connectivity index (χ3n) is 1.63. The number of carboxylic acids is 1. The number of halogens is 1.